The second-order valence-electron chi connectivity index (χ2n) is 4.85. The van der Waals surface area contributed by atoms with Gasteiger partial charge in [-0.2, -0.15) is 0 Å². The molecule has 0 spiro atoms. The van der Waals surface area contributed by atoms with Gasteiger partial charge in [0, 0.05) is 11.1 Å². The van der Waals surface area contributed by atoms with Crippen LogP contribution in [0.5, 0.6) is 0 Å². The average molecular weight is 294 g/mol. The first-order valence-electron chi connectivity index (χ1n) is 6.94. The molecule has 0 bridgehead atoms. The highest BCUT2D eigenvalue weighted by Crippen LogP contribution is 2.25. The van der Waals surface area contributed by atoms with Crippen LogP contribution < -0.4 is 0 Å². The van der Waals surface area contributed by atoms with E-state index in [1.54, 1.807) is 12.1 Å². The number of carbonyl (C=O) groups is 1. The molecular formula is C17H14N2O3. The Morgan fingerprint density at radius 2 is 1.68 bits per heavy atom. The van der Waals surface area contributed by atoms with Gasteiger partial charge in [0.2, 0.25) is 11.8 Å². The Labute approximate surface area is 127 Å². The van der Waals surface area contributed by atoms with Crippen molar-refractivity contribution in [2.75, 3.05) is 0 Å². The lowest BCUT2D eigenvalue weighted by atomic mass is 10.1. The normalized spacial score (nSPS) is 10.6. The van der Waals surface area contributed by atoms with E-state index >= 15 is 0 Å². The molecule has 1 aromatic heterocycles. The molecule has 0 atom stereocenters. The molecule has 1 heterocycles. The fraction of sp³-hybridized carbons (Fsp3) is 0.118. The molecule has 110 valence electrons. The summed E-state index contributed by atoms with van der Waals surface area (Å²) in [5.41, 5.74) is 2.81. The first-order valence-corrected chi connectivity index (χ1v) is 6.94. The minimum absolute atomic E-state index is 0.185. The number of carboxylic acid groups (broad SMARTS) is 1. The zero-order chi connectivity index (χ0) is 15.5. The molecule has 0 aliphatic rings. The molecule has 3 aromatic rings. The van der Waals surface area contributed by atoms with Crippen LogP contribution in [0.1, 0.15) is 22.8 Å². The maximum Gasteiger partial charge on any atom is 0.335 e. The molecule has 5 heteroatoms. The summed E-state index contributed by atoms with van der Waals surface area (Å²) in [7, 11) is 0. The number of carboxylic acids is 1. The van der Waals surface area contributed by atoms with Crippen molar-refractivity contribution in [3.63, 3.8) is 0 Å². The van der Waals surface area contributed by atoms with Crippen LogP contribution in [0.25, 0.3) is 22.9 Å². The maximum absolute atomic E-state index is 11.0. The van der Waals surface area contributed by atoms with Crippen molar-refractivity contribution < 1.29 is 14.3 Å². The third-order valence-corrected chi connectivity index (χ3v) is 3.36. The highest BCUT2D eigenvalue weighted by Gasteiger charge is 2.12. The molecule has 0 unspecified atom stereocenters. The van der Waals surface area contributed by atoms with Crippen molar-refractivity contribution in [2.24, 2.45) is 0 Å². The van der Waals surface area contributed by atoms with E-state index in [1.165, 1.54) is 17.7 Å². The summed E-state index contributed by atoms with van der Waals surface area (Å²) in [6, 6.07) is 14.3. The number of nitrogens with zero attached hydrogens (tertiary/aromatic N) is 2. The molecule has 0 saturated carbocycles. The van der Waals surface area contributed by atoms with Gasteiger partial charge in [-0.25, -0.2) is 4.79 Å². The summed E-state index contributed by atoms with van der Waals surface area (Å²) in [5.74, 6) is -0.261. The maximum atomic E-state index is 11.0. The highest BCUT2D eigenvalue weighted by atomic mass is 16.4. The largest absolute Gasteiger partial charge is 0.478 e. The number of aromatic carboxylic acids is 1. The Hall–Kier alpha value is -2.95. The molecule has 0 saturated heterocycles. The molecular weight excluding hydrogens is 280 g/mol. The fourth-order valence-corrected chi connectivity index (χ4v) is 2.17. The summed E-state index contributed by atoms with van der Waals surface area (Å²) < 4.78 is 5.67. The van der Waals surface area contributed by atoms with E-state index < -0.39 is 5.97 Å². The van der Waals surface area contributed by atoms with Crippen LogP contribution in [-0.4, -0.2) is 21.3 Å². The first-order chi connectivity index (χ1) is 10.7. The molecule has 0 radical (unpaired) electrons. The van der Waals surface area contributed by atoms with E-state index in [2.05, 4.69) is 17.1 Å². The molecule has 0 aliphatic heterocycles. The van der Waals surface area contributed by atoms with E-state index in [0.717, 1.165) is 12.0 Å². The van der Waals surface area contributed by atoms with Crippen molar-refractivity contribution in [1.29, 1.82) is 0 Å². The Morgan fingerprint density at radius 1 is 1.05 bits per heavy atom. The van der Waals surface area contributed by atoms with Gasteiger partial charge in [-0.05, 0) is 42.3 Å². The zero-order valence-corrected chi connectivity index (χ0v) is 12.0. The number of hydrogen-bond donors (Lipinski definition) is 1. The highest BCUT2D eigenvalue weighted by molar-refractivity contribution is 5.88. The molecule has 0 fully saturated rings. The van der Waals surface area contributed by atoms with E-state index in [1.807, 2.05) is 24.3 Å². The van der Waals surface area contributed by atoms with Crippen LogP contribution in [0.2, 0.25) is 0 Å². The number of benzene rings is 2. The summed E-state index contributed by atoms with van der Waals surface area (Å²) in [6.07, 6.45) is 0.926. The molecule has 0 aliphatic carbocycles. The fourth-order valence-electron chi connectivity index (χ4n) is 2.17. The standard InChI is InChI=1S/C17H14N2O3/c1-2-11-5-3-6-12(9-11)15-18-19-16(22-15)13-7-4-8-14(10-13)17(20)21/h3-10H,2H2,1H3,(H,20,21). The Kier molecular flexibility index (Phi) is 3.70. The lowest BCUT2D eigenvalue weighted by Crippen LogP contribution is -1.95. The number of hydrogen-bond acceptors (Lipinski definition) is 4. The number of rotatable bonds is 4. The van der Waals surface area contributed by atoms with Crippen molar-refractivity contribution in [2.45, 2.75) is 13.3 Å². The van der Waals surface area contributed by atoms with Crippen LogP contribution >= 0.6 is 0 Å². The predicted molar refractivity (Wildman–Crippen MR) is 81.5 cm³/mol. The van der Waals surface area contributed by atoms with Crippen molar-refractivity contribution in [3.8, 4) is 22.9 Å². The Balaban J connectivity index is 1.96. The van der Waals surface area contributed by atoms with Crippen LogP contribution in [0, 0.1) is 0 Å². The van der Waals surface area contributed by atoms with E-state index in [4.69, 9.17) is 9.52 Å². The molecule has 3 rings (SSSR count). The van der Waals surface area contributed by atoms with E-state index in [-0.39, 0.29) is 5.56 Å². The SMILES string of the molecule is CCc1cccc(-c2nnc(-c3cccc(C(=O)O)c3)o2)c1. The van der Waals surface area contributed by atoms with Gasteiger partial charge in [0.15, 0.2) is 0 Å². The smallest absolute Gasteiger partial charge is 0.335 e. The van der Waals surface area contributed by atoms with E-state index in [0.29, 0.717) is 17.3 Å². The second-order valence-corrected chi connectivity index (χ2v) is 4.85. The zero-order valence-electron chi connectivity index (χ0n) is 12.0. The lowest BCUT2D eigenvalue weighted by molar-refractivity contribution is 0.0697. The summed E-state index contributed by atoms with van der Waals surface area (Å²) in [5, 5.41) is 17.1. The summed E-state index contributed by atoms with van der Waals surface area (Å²) in [4.78, 5) is 11.0. The molecule has 5 nitrogen and oxygen atoms in total. The second kappa shape index (κ2) is 5.81. The van der Waals surface area contributed by atoms with Gasteiger partial charge in [-0.3, -0.25) is 0 Å². The third-order valence-electron chi connectivity index (χ3n) is 3.36. The van der Waals surface area contributed by atoms with Gasteiger partial charge in [-0.15, -0.1) is 10.2 Å². The predicted octanol–water partition coefficient (Wildman–Crippen LogP) is 3.66. The molecule has 2 aromatic carbocycles. The van der Waals surface area contributed by atoms with Crippen molar-refractivity contribution >= 4 is 5.97 Å². The van der Waals surface area contributed by atoms with Crippen LogP contribution in [0.15, 0.2) is 52.9 Å². The monoisotopic (exact) mass is 294 g/mol. The minimum Gasteiger partial charge on any atom is -0.478 e. The van der Waals surface area contributed by atoms with Gasteiger partial charge in [0.25, 0.3) is 0 Å². The Morgan fingerprint density at radius 3 is 2.32 bits per heavy atom. The third kappa shape index (κ3) is 2.74. The topological polar surface area (TPSA) is 76.2 Å². The van der Waals surface area contributed by atoms with Crippen LogP contribution in [0.3, 0.4) is 0 Å². The van der Waals surface area contributed by atoms with Gasteiger partial charge < -0.3 is 9.52 Å². The van der Waals surface area contributed by atoms with Gasteiger partial charge >= 0.3 is 5.97 Å². The molecule has 1 N–H and O–H groups in total. The quantitative estimate of drug-likeness (QED) is 0.794. The van der Waals surface area contributed by atoms with Crippen LogP contribution in [0.4, 0.5) is 0 Å². The van der Waals surface area contributed by atoms with Crippen molar-refractivity contribution in [1.82, 2.24) is 10.2 Å². The number of aryl methyl sites for hydroxylation is 1. The van der Waals surface area contributed by atoms with Gasteiger partial charge in [-0.1, -0.05) is 25.1 Å². The average Bonchev–Trinajstić information content (AvgIpc) is 3.05. The molecule has 0 amide bonds. The molecule has 22 heavy (non-hydrogen) atoms. The van der Waals surface area contributed by atoms with Crippen LogP contribution in [-0.2, 0) is 6.42 Å². The van der Waals surface area contributed by atoms with Gasteiger partial charge in [0.05, 0.1) is 5.56 Å². The van der Waals surface area contributed by atoms with Gasteiger partial charge in [0.1, 0.15) is 0 Å². The minimum atomic E-state index is -0.989. The number of aromatic nitrogens is 2. The van der Waals surface area contributed by atoms with E-state index in [9.17, 15) is 4.79 Å². The first kappa shape index (κ1) is 14.0. The Bertz CT molecular complexity index is 824. The summed E-state index contributed by atoms with van der Waals surface area (Å²) >= 11 is 0. The summed E-state index contributed by atoms with van der Waals surface area (Å²) in [6.45, 7) is 2.08. The van der Waals surface area contributed by atoms with Crippen molar-refractivity contribution in [3.05, 3.63) is 59.7 Å². The lowest BCUT2D eigenvalue weighted by Gasteiger charge is -1.99.